The van der Waals surface area contributed by atoms with Gasteiger partial charge in [-0.3, -0.25) is 4.79 Å². The van der Waals surface area contributed by atoms with E-state index in [1.54, 1.807) is 11.0 Å². The first kappa shape index (κ1) is 17.6. The average Bonchev–Trinajstić information content (AvgIpc) is 2.50. The average molecular weight is 338 g/mol. The molecule has 2 rings (SSSR count). The molecule has 1 aromatic rings. The molecule has 0 radical (unpaired) electrons. The zero-order valence-electron chi connectivity index (χ0n) is 13.9. The highest BCUT2D eigenvalue weighted by Crippen LogP contribution is 2.22. The van der Waals surface area contributed by atoms with E-state index >= 15 is 0 Å². The standard InChI is InChI=1S/C17H24ClN3O2/c1-11(2)19-17(23)21-8-4-5-13(10-21)16(22)20-14-7-6-12(3)15(18)9-14/h6-7,9,11,13H,4-5,8,10H2,1-3H3,(H,19,23)(H,20,22). The number of rotatable bonds is 3. The van der Waals surface area contributed by atoms with Crippen molar-refractivity contribution in [3.8, 4) is 0 Å². The van der Waals surface area contributed by atoms with Crippen LogP contribution in [0.4, 0.5) is 10.5 Å². The molecular formula is C17H24ClN3O2. The van der Waals surface area contributed by atoms with E-state index in [2.05, 4.69) is 10.6 Å². The number of amides is 3. The smallest absolute Gasteiger partial charge is 0.317 e. The summed E-state index contributed by atoms with van der Waals surface area (Å²) >= 11 is 6.08. The number of halogens is 1. The van der Waals surface area contributed by atoms with Crippen LogP contribution in [0.1, 0.15) is 32.3 Å². The molecule has 3 amide bonds. The van der Waals surface area contributed by atoms with Crippen LogP contribution in [0, 0.1) is 12.8 Å². The SMILES string of the molecule is Cc1ccc(NC(=O)C2CCCN(C(=O)NC(C)C)C2)cc1Cl. The highest BCUT2D eigenvalue weighted by Gasteiger charge is 2.28. The van der Waals surface area contributed by atoms with Crippen molar-refractivity contribution in [2.75, 3.05) is 18.4 Å². The van der Waals surface area contributed by atoms with Gasteiger partial charge in [-0.25, -0.2) is 4.79 Å². The van der Waals surface area contributed by atoms with Gasteiger partial charge < -0.3 is 15.5 Å². The molecule has 6 heteroatoms. The Morgan fingerprint density at radius 2 is 2.09 bits per heavy atom. The van der Waals surface area contributed by atoms with Crippen molar-refractivity contribution in [3.63, 3.8) is 0 Å². The Balaban J connectivity index is 1.96. The van der Waals surface area contributed by atoms with Gasteiger partial charge in [-0.05, 0) is 51.3 Å². The number of aryl methyl sites for hydroxylation is 1. The van der Waals surface area contributed by atoms with Gasteiger partial charge >= 0.3 is 6.03 Å². The number of hydrogen-bond acceptors (Lipinski definition) is 2. The topological polar surface area (TPSA) is 61.4 Å². The fourth-order valence-electron chi connectivity index (χ4n) is 2.63. The summed E-state index contributed by atoms with van der Waals surface area (Å²) in [6.45, 7) is 6.91. The van der Waals surface area contributed by atoms with Crippen LogP contribution >= 0.6 is 11.6 Å². The lowest BCUT2D eigenvalue weighted by Gasteiger charge is -2.32. The first-order valence-electron chi connectivity index (χ1n) is 7.99. The molecule has 2 N–H and O–H groups in total. The van der Waals surface area contributed by atoms with Gasteiger partial charge in [0.2, 0.25) is 5.91 Å². The Morgan fingerprint density at radius 3 is 2.74 bits per heavy atom. The molecule has 1 fully saturated rings. The normalized spacial score (nSPS) is 18.0. The van der Waals surface area contributed by atoms with Crippen LogP contribution in [0.2, 0.25) is 5.02 Å². The molecule has 1 aliphatic rings. The third-order valence-electron chi connectivity index (χ3n) is 3.93. The number of nitrogens with zero attached hydrogens (tertiary/aromatic N) is 1. The van der Waals surface area contributed by atoms with Crippen LogP contribution < -0.4 is 10.6 Å². The second kappa shape index (κ2) is 7.68. The van der Waals surface area contributed by atoms with Crippen molar-refractivity contribution in [1.29, 1.82) is 0 Å². The molecule has 1 saturated heterocycles. The number of likely N-dealkylation sites (tertiary alicyclic amines) is 1. The van der Waals surface area contributed by atoms with E-state index in [-0.39, 0.29) is 23.9 Å². The van der Waals surface area contributed by atoms with E-state index in [0.717, 1.165) is 18.4 Å². The van der Waals surface area contributed by atoms with Crippen molar-refractivity contribution < 1.29 is 9.59 Å². The van der Waals surface area contributed by atoms with Crippen molar-refractivity contribution in [2.24, 2.45) is 5.92 Å². The number of hydrogen-bond donors (Lipinski definition) is 2. The number of carbonyl (C=O) groups excluding carboxylic acids is 2. The Labute approximate surface area is 142 Å². The molecule has 1 aliphatic heterocycles. The minimum atomic E-state index is -0.193. The second-order valence-electron chi connectivity index (χ2n) is 6.34. The van der Waals surface area contributed by atoms with Crippen molar-refractivity contribution in [1.82, 2.24) is 10.2 Å². The monoisotopic (exact) mass is 337 g/mol. The second-order valence-corrected chi connectivity index (χ2v) is 6.75. The molecule has 0 aliphatic carbocycles. The first-order valence-corrected chi connectivity index (χ1v) is 8.37. The third kappa shape index (κ3) is 4.86. The number of carbonyl (C=O) groups is 2. The summed E-state index contributed by atoms with van der Waals surface area (Å²) in [5, 5.41) is 6.40. The fourth-order valence-corrected chi connectivity index (χ4v) is 2.81. The summed E-state index contributed by atoms with van der Waals surface area (Å²) in [5.41, 5.74) is 1.66. The van der Waals surface area contributed by atoms with E-state index < -0.39 is 0 Å². The number of nitrogens with one attached hydrogen (secondary N) is 2. The maximum absolute atomic E-state index is 12.4. The van der Waals surface area contributed by atoms with Crippen LogP contribution in [-0.2, 0) is 4.79 Å². The number of piperidine rings is 1. The lowest BCUT2D eigenvalue weighted by Crippen LogP contribution is -2.49. The highest BCUT2D eigenvalue weighted by molar-refractivity contribution is 6.31. The van der Waals surface area contributed by atoms with Crippen LogP contribution in [-0.4, -0.2) is 36.0 Å². The van der Waals surface area contributed by atoms with Gasteiger partial charge in [-0.1, -0.05) is 17.7 Å². The predicted molar refractivity (Wildman–Crippen MR) is 92.8 cm³/mol. The lowest BCUT2D eigenvalue weighted by molar-refractivity contribution is -0.121. The number of anilines is 1. The zero-order valence-corrected chi connectivity index (χ0v) is 14.6. The maximum atomic E-state index is 12.4. The van der Waals surface area contributed by atoms with Gasteiger partial charge in [0, 0.05) is 29.8 Å². The van der Waals surface area contributed by atoms with Crippen molar-refractivity contribution in [2.45, 2.75) is 39.7 Å². The summed E-state index contributed by atoms with van der Waals surface area (Å²) in [6.07, 6.45) is 1.62. The molecule has 1 unspecified atom stereocenters. The largest absolute Gasteiger partial charge is 0.336 e. The molecule has 1 aromatic carbocycles. The summed E-state index contributed by atoms with van der Waals surface area (Å²) in [5.74, 6) is -0.256. The zero-order chi connectivity index (χ0) is 17.0. The van der Waals surface area contributed by atoms with Crippen molar-refractivity contribution >= 4 is 29.2 Å². The Morgan fingerprint density at radius 1 is 1.35 bits per heavy atom. The number of urea groups is 1. The maximum Gasteiger partial charge on any atom is 0.317 e. The third-order valence-corrected chi connectivity index (χ3v) is 4.34. The van der Waals surface area contributed by atoms with Gasteiger partial charge in [0.25, 0.3) is 0 Å². The highest BCUT2D eigenvalue weighted by atomic mass is 35.5. The fraction of sp³-hybridized carbons (Fsp3) is 0.529. The van der Waals surface area contributed by atoms with Crippen LogP contribution in [0.15, 0.2) is 18.2 Å². The lowest BCUT2D eigenvalue weighted by atomic mass is 9.97. The van der Waals surface area contributed by atoms with E-state index in [1.807, 2.05) is 32.9 Å². The summed E-state index contributed by atoms with van der Waals surface area (Å²) in [7, 11) is 0. The Hall–Kier alpha value is -1.75. The van der Waals surface area contributed by atoms with E-state index in [1.165, 1.54) is 0 Å². The molecule has 0 spiro atoms. The molecule has 5 nitrogen and oxygen atoms in total. The van der Waals surface area contributed by atoms with Crippen LogP contribution in [0.5, 0.6) is 0 Å². The molecule has 126 valence electrons. The summed E-state index contributed by atoms with van der Waals surface area (Å²) < 4.78 is 0. The van der Waals surface area contributed by atoms with Gasteiger partial charge in [-0.15, -0.1) is 0 Å². The minimum absolute atomic E-state index is 0.0630. The van der Waals surface area contributed by atoms with Crippen molar-refractivity contribution in [3.05, 3.63) is 28.8 Å². The molecule has 0 saturated carbocycles. The summed E-state index contributed by atoms with van der Waals surface area (Å²) in [4.78, 5) is 26.2. The molecule has 1 atom stereocenters. The first-order chi connectivity index (χ1) is 10.9. The van der Waals surface area contributed by atoms with Gasteiger partial charge in [0.15, 0.2) is 0 Å². The van der Waals surface area contributed by atoms with Gasteiger partial charge in [0.05, 0.1) is 5.92 Å². The van der Waals surface area contributed by atoms with E-state index in [9.17, 15) is 9.59 Å². The number of benzene rings is 1. The molecular weight excluding hydrogens is 314 g/mol. The van der Waals surface area contributed by atoms with Crippen LogP contribution in [0.25, 0.3) is 0 Å². The van der Waals surface area contributed by atoms with Gasteiger partial charge in [0.1, 0.15) is 0 Å². The quantitative estimate of drug-likeness (QED) is 0.887. The molecule has 0 bridgehead atoms. The summed E-state index contributed by atoms with van der Waals surface area (Å²) in [6, 6.07) is 5.45. The predicted octanol–water partition coefficient (Wildman–Crippen LogP) is 3.42. The van der Waals surface area contributed by atoms with E-state index in [0.29, 0.717) is 23.8 Å². The molecule has 0 aromatic heterocycles. The Kier molecular flexibility index (Phi) is 5.88. The minimum Gasteiger partial charge on any atom is -0.336 e. The Bertz CT molecular complexity index is 589. The molecule has 23 heavy (non-hydrogen) atoms. The van der Waals surface area contributed by atoms with E-state index in [4.69, 9.17) is 11.6 Å². The molecule has 1 heterocycles. The van der Waals surface area contributed by atoms with Gasteiger partial charge in [-0.2, -0.15) is 0 Å². The van der Waals surface area contributed by atoms with Crippen LogP contribution in [0.3, 0.4) is 0 Å².